The van der Waals surface area contributed by atoms with Crippen LogP contribution in [-0.4, -0.2) is 12.6 Å². The molecule has 0 unspecified atom stereocenters. The van der Waals surface area contributed by atoms with Crippen LogP contribution in [0, 0.1) is 5.92 Å². The summed E-state index contributed by atoms with van der Waals surface area (Å²) in [7, 11) is 0. The normalized spacial score (nSPS) is 15.5. The highest BCUT2D eigenvalue weighted by Gasteiger charge is 2.19. The maximum atomic E-state index is 11.5. The van der Waals surface area contributed by atoms with Crippen LogP contribution in [-0.2, 0) is 16.0 Å². The molecule has 2 N–H and O–H groups in total. The Morgan fingerprint density at radius 3 is 2.75 bits per heavy atom. The Hall–Kier alpha value is -1.51. The van der Waals surface area contributed by atoms with Gasteiger partial charge in [-0.1, -0.05) is 24.6 Å². The van der Waals surface area contributed by atoms with Crippen LogP contribution in [0.5, 0.6) is 0 Å². The first-order valence-electron chi connectivity index (χ1n) is 5.74. The molecule has 1 aromatic rings. The second kappa shape index (κ2) is 5.01. The molecule has 2 rings (SSSR count). The number of carbonyl (C=O) groups is 1. The molecule has 86 valence electrons. The van der Waals surface area contributed by atoms with Crippen molar-refractivity contribution in [3.8, 4) is 0 Å². The fourth-order valence-electron chi connectivity index (χ4n) is 1.77. The standard InChI is InChI=1S/C13H17NO2/c14-12-7-2-1-6-11(12)8-13(15)16-9-10-4-3-5-10/h1-2,6-7,10H,3-5,8-9,14H2. The van der Waals surface area contributed by atoms with E-state index in [0.29, 0.717) is 18.2 Å². The third-order valence-corrected chi connectivity index (χ3v) is 3.09. The Morgan fingerprint density at radius 2 is 2.12 bits per heavy atom. The Morgan fingerprint density at radius 1 is 1.38 bits per heavy atom. The molecule has 0 aromatic heterocycles. The number of anilines is 1. The van der Waals surface area contributed by atoms with Gasteiger partial charge in [-0.25, -0.2) is 0 Å². The van der Waals surface area contributed by atoms with Crippen LogP contribution in [0.4, 0.5) is 5.69 Å². The first-order chi connectivity index (χ1) is 7.75. The molecule has 0 aliphatic heterocycles. The number of benzene rings is 1. The number of esters is 1. The average Bonchev–Trinajstić information content (AvgIpc) is 2.19. The van der Waals surface area contributed by atoms with Crippen LogP contribution in [0.3, 0.4) is 0 Å². The highest BCUT2D eigenvalue weighted by molar-refractivity contribution is 5.74. The van der Waals surface area contributed by atoms with Gasteiger partial charge < -0.3 is 10.5 Å². The molecule has 16 heavy (non-hydrogen) atoms. The topological polar surface area (TPSA) is 52.3 Å². The van der Waals surface area contributed by atoms with Crippen molar-refractivity contribution < 1.29 is 9.53 Å². The molecule has 1 aromatic carbocycles. The van der Waals surface area contributed by atoms with E-state index in [0.717, 1.165) is 5.56 Å². The monoisotopic (exact) mass is 219 g/mol. The first kappa shape index (κ1) is 11.0. The van der Waals surface area contributed by atoms with E-state index in [-0.39, 0.29) is 12.4 Å². The number of rotatable bonds is 4. The molecule has 3 nitrogen and oxygen atoms in total. The molecule has 0 amide bonds. The maximum absolute atomic E-state index is 11.5. The predicted octanol–water partition coefficient (Wildman–Crippen LogP) is 2.15. The van der Waals surface area contributed by atoms with E-state index in [2.05, 4.69) is 0 Å². The Kier molecular flexibility index (Phi) is 3.44. The molecule has 1 fully saturated rings. The van der Waals surface area contributed by atoms with Crippen molar-refractivity contribution in [1.82, 2.24) is 0 Å². The minimum absolute atomic E-state index is 0.176. The van der Waals surface area contributed by atoms with Crippen LogP contribution in [0.2, 0.25) is 0 Å². The summed E-state index contributed by atoms with van der Waals surface area (Å²) >= 11 is 0. The average molecular weight is 219 g/mol. The van der Waals surface area contributed by atoms with E-state index in [9.17, 15) is 4.79 Å². The molecule has 0 heterocycles. The summed E-state index contributed by atoms with van der Waals surface area (Å²) in [4.78, 5) is 11.5. The lowest BCUT2D eigenvalue weighted by Crippen LogP contribution is -2.21. The number of nitrogens with two attached hydrogens (primary N) is 1. The van der Waals surface area contributed by atoms with Gasteiger partial charge >= 0.3 is 5.97 Å². The van der Waals surface area contributed by atoms with Gasteiger partial charge in [0.2, 0.25) is 0 Å². The molecule has 1 aliphatic carbocycles. The number of nitrogen functional groups attached to an aromatic ring is 1. The maximum Gasteiger partial charge on any atom is 0.310 e. The summed E-state index contributed by atoms with van der Waals surface area (Å²) in [6.07, 6.45) is 3.94. The largest absolute Gasteiger partial charge is 0.465 e. The third kappa shape index (κ3) is 2.75. The van der Waals surface area contributed by atoms with E-state index in [4.69, 9.17) is 10.5 Å². The smallest absolute Gasteiger partial charge is 0.310 e. The van der Waals surface area contributed by atoms with Crippen molar-refractivity contribution >= 4 is 11.7 Å². The third-order valence-electron chi connectivity index (χ3n) is 3.09. The Labute approximate surface area is 95.6 Å². The molecule has 3 heteroatoms. The van der Waals surface area contributed by atoms with E-state index in [1.807, 2.05) is 18.2 Å². The van der Waals surface area contributed by atoms with Crippen molar-refractivity contribution in [2.75, 3.05) is 12.3 Å². The van der Waals surface area contributed by atoms with Gasteiger partial charge in [0.1, 0.15) is 0 Å². The zero-order valence-corrected chi connectivity index (χ0v) is 9.32. The minimum atomic E-state index is -0.176. The van der Waals surface area contributed by atoms with Gasteiger partial charge in [0.25, 0.3) is 0 Å². The predicted molar refractivity (Wildman–Crippen MR) is 62.9 cm³/mol. The zero-order chi connectivity index (χ0) is 11.4. The second-order valence-corrected chi connectivity index (χ2v) is 4.36. The molecule has 1 aliphatic rings. The van der Waals surface area contributed by atoms with Crippen molar-refractivity contribution in [3.63, 3.8) is 0 Å². The minimum Gasteiger partial charge on any atom is -0.465 e. The number of hydrogen-bond acceptors (Lipinski definition) is 3. The molecular weight excluding hydrogens is 202 g/mol. The van der Waals surface area contributed by atoms with Gasteiger partial charge in [-0.15, -0.1) is 0 Å². The lowest BCUT2D eigenvalue weighted by atomic mass is 9.86. The molecule has 1 saturated carbocycles. The number of para-hydroxylation sites is 1. The summed E-state index contributed by atoms with van der Waals surface area (Å²) in [6, 6.07) is 7.40. The first-order valence-corrected chi connectivity index (χ1v) is 5.74. The molecule has 0 radical (unpaired) electrons. The van der Waals surface area contributed by atoms with Gasteiger partial charge in [-0.3, -0.25) is 4.79 Å². The van der Waals surface area contributed by atoms with Gasteiger partial charge in [-0.05, 0) is 30.4 Å². The quantitative estimate of drug-likeness (QED) is 0.623. The lowest BCUT2D eigenvalue weighted by Gasteiger charge is -2.24. The van der Waals surface area contributed by atoms with Crippen LogP contribution in [0.1, 0.15) is 24.8 Å². The Bertz CT molecular complexity index is 372. The number of carbonyl (C=O) groups excluding carboxylic acids is 1. The van der Waals surface area contributed by atoms with Crippen LogP contribution in [0.25, 0.3) is 0 Å². The molecule has 0 spiro atoms. The van der Waals surface area contributed by atoms with E-state index < -0.39 is 0 Å². The van der Waals surface area contributed by atoms with Crippen molar-refractivity contribution in [2.24, 2.45) is 5.92 Å². The SMILES string of the molecule is Nc1ccccc1CC(=O)OCC1CCC1. The fraction of sp³-hybridized carbons (Fsp3) is 0.462. The molecular formula is C13H17NO2. The summed E-state index contributed by atoms with van der Waals surface area (Å²) in [5.74, 6) is 0.418. The molecule has 0 saturated heterocycles. The zero-order valence-electron chi connectivity index (χ0n) is 9.32. The summed E-state index contributed by atoms with van der Waals surface area (Å²) in [6.45, 7) is 0.575. The van der Waals surface area contributed by atoms with Crippen LogP contribution in [0.15, 0.2) is 24.3 Å². The summed E-state index contributed by atoms with van der Waals surface area (Å²) in [5.41, 5.74) is 7.26. The van der Waals surface area contributed by atoms with Gasteiger partial charge in [-0.2, -0.15) is 0 Å². The van der Waals surface area contributed by atoms with Gasteiger partial charge in [0.15, 0.2) is 0 Å². The van der Waals surface area contributed by atoms with Crippen molar-refractivity contribution in [1.29, 1.82) is 0 Å². The van der Waals surface area contributed by atoms with E-state index >= 15 is 0 Å². The molecule has 0 atom stereocenters. The van der Waals surface area contributed by atoms with Crippen LogP contribution >= 0.6 is 0 Å². The van der Waals surface area contributed by atoms with Crippen molar-refractivity contribution in [2.45, 2.75) is 25.7 Å². The van der Waals surface area contributed by atoms with E-state index in [1.54, 1.807) is 6.07 Å². The van der Waals surface area contributed by atoms with Gasteiger partial charge in [0.05, 0.1) is 13.0 Å². The van der Waals surface area contributed by atoms with Crippen molar-refractivity contribution in [3.05, 3.63) is 29.8 Å². The van der Waals surface area contributed by atoms with E-state index in [1.165, 1.54) is 19.3 Å². The lowest BCUT2D eigenvalue weighted by molar-refractivity contribution is -0.145. The molecule has 0 bridgehead atoms. The summed E-state index contributed by atoms with van der Waals surface area (Å²) in [5, 5.41) is 0. The number of ether oxygens (including phenoxy) is 1. The summed E-state index contributed by atoms with van der Waals surface area (Å²) < 4.78 is 5.21. The van der Waals surface area contributed by atoms with Crippen LogP contribution < -0.4 is 5.73 Å². The highest BCUT2D eigenvalue weighted by Crippen LogP contribution is 2.26. The number of hydrogen-bond donors (Lipinski definition) is 1. The highest BCUT2D eigenvalue weighted by atomic mass is 16.5. The van der Waals surface area contributed by atoms with Gasteiger partial charge in [0, 0.05) is 5.69 Å². The fourth-order valence-corrected chi connectivity index (χ4v) is 1.77. The Balaban J connectivity index is 1.80. The second-order valence-electron chi connectivity index (χ2n) is 4.36.